The third kappa shape index (κ3) is 1.56. The maximum atomic E-state index is 11.6. The Balaban J connectivity index is 2.13. The summed E-state index contributed by atoms with van der Waals surface area (Å²) >= 11 is 0. The Morgan fingerprint density at radius 1 is 1.23 bits per heavy atom. The summed E-state index contributed by atoms with van der Waals surface area (Å²) in [4.78, 5) is 11.6. The molecule has 0 unspecified atom stereocenters. The summed E-state index contributed by atoms with van der Waals surface area (Å²) in [6.07, 6.45) is 9.14. The predicted octanol–water partition coefficient (Wildman–Crippen LogP) is 2.96. The molecule has 1 heteroatoms. The average molecular weight is 178 g/mol. The molecule has 3 atom stereocenters. The molecule has 72 valence electrons. The molecule has 0 bridgehead atoms. The van der Waals surface area contributed by atoms with E-state index >= 15 is 0 Å². The number of allylic oxidation sites excluding steroid dienone is 1. The molecule has 13 heavy (non-hydrogen) atoms. The summed E-state index contributed by atoms with van der Waals surface area (Å²) in [6.45, 7) is 3.80. The van der Waals surface area contributed by atoms with E-state index in [1.165, 1.54) is 25.7 Å². The van der Waals surface area contributed by atoms with Crippen molar-refractivity contribution in [3.8, 4) is 0 Å². The van der Waals surface area contributed by atoms with Gasteiger partial charge in [-0.15, -0.1) is 6.58 Å². The van der Waals surface area contributed by atoms with Crippen molar-refractivity contribution in [3.05, 3.63) is 12.7 Å². The molecular weight excluding hydrogens is 160 g/mol. The van der Waals surface area contributed by atoms with Crippen molar-refractivity contribution in [2.24, 2.45) is 17.8 Å². The molecule has 0 amide bonds. The second-order valence-electron chi connectivity index (χ2n) is 4.47. The molecule has 2 fully saturated rings. The van der Waals surface area contributed by atoms with Gasteiger partial charge in [0, 0.05) is 12.3 Å². The van der Waals surface area contributed by atoms with Gasteiger partial charge in [-0.25, -0.2) is 0 Å². The second-order valence-corrected chi connectivity index (χ2v) is 4.47. The quantitative estimate of drug-likeness (QED) is 0.564. The Morgan fingerprint density at radius 2 is 2.00 bits per heavy atom. The van der Waals surface area contributed by atoms with E-state index < -0.39 is 0 Å². The maximum Gasteiger partial charge on any atom is 0.140 e. The summed E-state index contributed by atoms with van der Waals surface area (Å²) in [7, 11) is 0. The molecule has 0 aromatic rings. The van der Waals surface area contributed by atoms with Crippen LogP contribution in [0.1, 0.15) is 38.5 Å². The van der Waals surface area contributed by atoms with Crippen LogP contribution in [0.3, 0.4) is 0 Å². The Bertz CT molecular complexity index is 219. The standard InChI is InChI=1S/C12H18O/c1-2-10-11-6-4-3-5-9(11)7-8-12(10)13/h2,9-11H,1,3-8H2/t9-,10-,11+/m1/s1. The molecule has 0 aliphatic heterocycles. The normalized spacial score (nSPS) is 39.7. The van der Waals surface area contributed by atoms with Crippen molar-refractivity contribution in [2.45, 2.75) is 38.5 Å². The van der Waals surface area contributed by atoms with Gasteiger partial charge in [0.05, 0.1) is 0 Å². The summed E-state index contributed by atoms with van der Waals surface area (Å²) in [5, 5.41) is 0. The molecule has 0 aromatic carbocycles. The summed E-state index contributed by atoms with van der Waals surface area (Å²) < 4.78 is 0. The number of carbonyl (C=O) groups excluding carboxylic acids is 1. The van der Waals surface area contributed by atoms with Crippen LogP contribution in [0.5, 0.6) is 0 Å². The van der Waals surface area contributed by atoms with E-state index in [9.17, 15) is 4.79 Å². The first-order chi connectivity index (χ1) is 6.33. The molecule has 0 radical (unpaired) electrons. The van der Waals surface area contributed by atoms with Crippen molar-refractivity contribution < 1.29 is 4.79 Å². The monoisotopic (exact) mass is 178 g/mol. The third-order valence-corrected chi connectivity index (χ3v) is 3.82. The highest BCUT2D eigenvalue weighted by Crippen LogP contribution is 2.42. The van der Waals surface area contributed by atoms with Gasteiger partial charge in [0.2, 0.25) is 0 Å². The van der Waals surface area contributed by atoms with Crippen LogP contribution in [-0.2, 0) is 4.79 Å². The van der Waals surface area contributed by atoms with E-state index in [-0.39, 0.29) is 5.92 Å². The lowest BCUT2D eigenvalue weighted by molar-refractivity contribution is -0.127. The van der Waals surface area contributed by atoms with Crippen LogP contribution in [0.25, 0.3) is 0 Å². The first-order valence-electron chi connectivity index (χ1n) is 5.48. The van der Waals surface area contributed by atoms with E-state index in [1.807, 2.05) is 6.08 Å². The molecule has 1 nitrogen and oxygen atoms in total. The molecule has 0 heterocycles. The third-order valence-electron chi connectivity index (χ3n) is 3.82. The van der Waals surface area contributed by atoms with Gasteiger partial charge in [-0.05, 0) is 24.7 Å². The van der Waals surface area contributed by atoms with Gasteiger partial charge >= 0.3 is 0 Å². The lowest BCUT2D eigenvalue weighted by atomic mass is 9.65. The topological polar surface area (TPSA) is 17.1 Å². The van der Waals surface area contributed by atoms with Crippen LogP contribution >= 0.6 is 0 Å². The number of ketones is 1. The van der Waals surface area contributed by atoms with Crippen LogP contribution in [0.15, 0.2) is 12.7 Å². The van der Waals surface area contributed by atoms with E-state index in [0.717, 1.165) is 18.8 Å². The fraction of sp³-hybridized carbons (Fsp3) is 0.750. The van der Waals surface area contributed by atoms with Crippen LogP contribution in [0, 0.1) is 17.8 Å². The van der Waals surface area contributed by atoms with Crippen molar-refractivity contribution in [2.75, 3.05) is 0 Å². The fourth-order valence-electron chi connectivity index (χ4n) is 3.11. The van der Waals surface area contributed by atoms with Gasteiger partial charge in [-0.1, -0.05) is 25.3 Å². The highest BCUT2D eigenvalue weighted by atomic mass is 16.1. The minimum Gasteiger partial charge on any atom is -0.299 e. The zero-order valence-electron chi connectivity index (χ0n) is 8.17. The smallest absolute Gasteiger partial charge is 0.140 e. The van der Waals surface area contributed by atoms with E-state index in [1.54, 1.807) is 0 Å². The maximum absolute atomic E-state index is 11.6. The van der Waals surface area contributed by atoms with Crippen LogP contribution in [0.4, 0.5) is 0 Å². The SMILES string of the molecule is C=C[C@H]1C(=O)CC[C@H]2CCCC[C@@H]21. The van der Waals surface area contributed by atoms with Gasteiger partial charge in [-0.2, -0.15) is 0 Å². The van der Waals surface area contributed by atoms with Gasteiger partial charge in [-0.3, -0.25) is 4.79 Å². The molecule has 0 spiro atoms. The minimum absolute atomic E-state index is 0.194. The zero-order chi connectivity index (χ0) is 9.26. The summed E-state index contributed by atoms with van der Waals surface area (Å²) in [5.74, 6) is 2.11. The highest BCUT2D eigenvalue weighted by molar-refractivity contribution is 5.83. The van der Waals surface area contributed by atoms with Gasteiger partial charge in [0.15, 0.2) is 0 Å². The van der Waals surface area contributed by atoms with Gasteiger partial charge in [0.25, 0.3) is 0 Å². The molecule has 2 saturated carbocycles. The summed E-state index contributed by atoms with van der Waals surface area (Å²) in [6, 6.07) is 0. The van der Waals surface area contributed by atoms with Crippen molar-refractivity contribution in [3.63, 3.8) is 0 Å². The second kappa shape index (κ2) is 3.65. The molecule has 2 aliphatic rings. The Hall–Kier alpha value is -0.590. The van der Waals surface area contributed by atoms with E-state index in [2.05, 4.69) is 6.58 Å². The van der Waals surface area contributed by atoms with Gasteiger partial charge in [0.1, 0.15) is 5.78 Å². The Morgan fingerprint density at radius 3 is 2.77 bits per heavy atom. The van der Waals surface area contributed by atoms with E-state index in [4.69, 9.17) is 0 Å². The summed E-state index contributed by atoms with van der Waals surface area (Å²) in [5.41, 5.74) is 0. The first kappa shape index (κ1) is 8.98. The number of carbonyl (C=O) groups is 1. The van der Waals surface area contributed by atoms with Crippen LogP contribution in [-0.4, -0.2) is 5.78 Å². The lowest BCUT2D eigenvalue weighted by Crippen LogP contribution is -2.35. The molecule has 2 rings (SSSR count). The van der Waals surface area contributed by atoms with Crippen LogP contribution < -0.4 is 0 Å². The molecule has 2 aliphatic carbocycles. The average Bonchev–Trinajstić information content (AvgIpc) is 2.18. The molecule has 0 aromatic heterocycles. The lowest BCUT2D eigenvalue weighted by Gasteiger charge is -2.39. The number of hydrogen-bond donors (Lipinski definition) is 0. The molecule has 0 N–H and O–H groups in total. The number of rotatable bonds is 1. The first-order valence-corrected chi connectivity index (χ1v) is 5.48. The van der Waals surface area contributed by atoms with Crippen molar-refractivity contribution in [1.82, 2.24) is 0 Å². The Kier molecular flexibility index (Phi) is 2.52. The number of Topliss-reactive ketones (excluding diaryl/α,β-unsaturated/α-hetero) is 1. The zero-order valence-corrected chi connectivity index (χ0v) is 8.17. The highest BCUT2D eigenvalue weighted by Gasteiger charge is 2.37. The number of hydrogen-bond acceptors (Lipinski definition) is 1. The van der Waals surface area contributed by atoms with Crippen molar-refractivity contribution in [1.29, 1.82) is 0 Å². The molecular formula is C12H18O. The van der Waals surface area contributed by atoms with Crippen molar-refractivity contribution >= 4 is 5.78 Å². The number of fused-ring (bicyclic) bond motifs is 1. The minimum atomic E-state index is 0.194. The van der Waals surface area contributed by atoms with E-state index in [0.29, 0.717) is 11.7 Å². The largest absolute Gasteiger partial charge is 0.299 e. The van der Waals surface area contributed by atoms with Gasteiger partial charge < -0.3 is 0 Å². The predicted molar refractivity (Wildman–Crippen MR) is 53.4 cm³/mol. The Labute approximate surface area is 80.2 Å². The molecule has 0 saturated heterocycles. The van der Waals surface area contributed by atoms with Crippen LogP contribution in [0.2, 0.25) is 0 Å². The fourth-order valence-corrected chi connectivity index (χ4v) is 3.11.